The van der Waals surface area contributed by atoms with Crippen LogP contribution in [0.4, 0.5) is 0 Å². The quantitative estimate of drug-likeness (QED) is 0.781. The predicted octanol–water partition coefficient (Wildman–Crippen LogP) is 3.22. The van der Waals surface area contributed by atoms with E-state index in [-0.39, 0.29) is 6.04 Å². The van der Waals surface area contributed by atoms with Crippen molar-refractivity contribution in [2.24, 2.45) is 5.73 Å². The SMILES string of the molecule is NC(c1ccc2c(c1)CCO2)c1ccc2ccccc2n1. The van der Waals surface area contributed by atoms with Crippen LogP contribution in [0, 0.1) is 0 Å². The second kappa shape index (κ2) is 4.86. The summed E-state index contributed by atoms with van der Waals surface area (Å²) in [5.41, 5.74) is 10.6. The van der Waals surface area contributed by atoms with Crippen molar-refractivity contribution in [3.05, 3.63) is 71.4 Å². The highest BCUT2D eigenvalue weighted by Gasteiger charge is 2.16. The molecule has 0 saturated carbocycles. The van der Waals surface area contributed by atoms with Crippen LogP contribution in [-0.4, -0.2) is 11.6 Å². The molecule has 0 amide bonds. The molecular weight excluding hydrogens is 260 g/mol. The van der Waals surface area contributed by atoms with Gasteiger partial charge in [-0.1, -0.05) is 36.4 Å². The van der Waals surface area contributed by atoms with E-state index >= 15 is 0 Å². The van der Waals surface area contributed by atoms with Crippen molar-refractivity contribution in [3.8, 4) is 5.75 Å². The van der Waals surface area contributed by atoms with E-state index < -0.39 is 0 Å². The Balaban J connectivity index is 1.73. The second-order valence-corrected chi connectivity index (χ2v) is 5.37. The highest BCUT2D eigenvalue weighted by atomic mass is 16.5. The van der Waals surface area contributed by atoms with Crippen LogP contribution in [0.5, 0.6) is 5.75 Å². The van der Waals surface area contributed by atoms with Crippen molar-refractivity contribution in [1.29, 1.82) is 0 Å². The Morgan fingerprint density at radius 1 is 1.05 bits per heavy atom. The summed E-state index contributed by atoms with van der Waals surface area (Å²) in [6, 6.07) is 18.2. The van der Waals surface area contributed by atoms with Gasteiger partial charge in [0.05, 0.1) is 23.9 Å². The molecule has 1 unspecified atom stereocenters. The molecule has 0 fully saturated rings. The number of rotatable bonds is 2. The molecule has 0 spiro atoms. The number of aromatic nitrogens is 1. The maximum Gasteiger partial charge on any atom is 0.122 e. The van der Waals surface area contributed by atoms with Gasteiger partial charge in [0.1, 0.15) is 5.75 Å². The lowest BCUT2D eigenvalue weighted by atomic mass is 10.00. The first-order valence-electron chi connectivity index (χ1n) is 7.18. The Morgan fingerprint density at radius 3 is 2.90 bits per heavy atom. The first kappa shape index (κ1) is 12.4. The van der Waals surface area contributed by atoms with Crippen molar-refractivity contribution in [3.63, 3.8) is 0 Å². The third kappa shape index (κ3) is 2.16. The van der Waals surface area contributed by atoms with Crippen LogP contribution < -0.4 is 10.5 Å². The minimum absolute atomic E-state index is 0.208. The lowest BCUT2D eigenvalue weighted by Crippen LogP contribution is -2.13. The number of hydrogen-bond donors (Lipinski definition) is 1. The molecule has 0 aliphatic carbocycles. The number of para-hydroxylation sites is 1. The van der Waals surface area contributed by atoms with E-state index in [2.05, 4.69) is 23.2 Å². The van der Waals surface area contributed by atoms with Crippen LogP contribution in [0.1, 0.15) is 22.9 Å². The minimum Gasteiger partial charge on any atom is -0.493 e. The molecule has 3 heteroatoms. The monoisotopic (exact) mass is 276 g/mol. The number of fused-ring (bicyclic) bond motifs is 2. The van der Waals surface area contributed by atoms with E-state index in [0.717, 1.165) is 40.9 Å². The number of nitrogens with zero attached hydrogens (tertiary/aromatic N) is 1. The van der Waals surface area contributed by atoms with Gasteiger partial charge in [0.25, 0.3) is 0 Å². The molecule has 0 saturated heterocycles. The standard InChI is InChI=1S/C18H16N2O/c19-18(14-6-8-17-13(11-14)9-10-21-17)16-7-5-12-3-1-2-4-15(12)20-16/h1-8,11,18H,9-10,19H2. The van der Waals surface area contributed by atoms with E-state index in [1.165, 1.54) is 5.56 Å². The molecule has 2 aromatic carbocycles. The Labute approximate surface area is 123 Å². The fourth-order valence-electron chi connectivity index (χ4n) is 2.83. The molecule has 21 heavy (non-hydrogen) atoms. The van der Waals surface area contributed by atoms with Crippen molar-refractivity contribution >= 4 is 10.9 Å². The van der Waals surface area contributed by atoms with E-state index in [1.54, 1.807) is 0 Å². The van der Waals surface area contributed by atoms with Gasteiger partial charge in [-0.3, -0.25) is 4.98 Å². The zero-order valence-electron chi connectivity index (χ0n) is 11.6. The summed E-state index contributed by atoms with van der Waals surface area (Å²) in [5, 5.41) is 1.14. The normalized spacial score (nSPS) is 14.7. The summed E-state index contributed by atoms with van der Waals surface area (Å²) in [6.07, 6.45) is 0.959. The van der Waals surface area contributed by atoms with E-state index in [1.807, 2.05) is 36.4 Å². The average Bonchev–Trinajstić information content (AvgIpc) is 3.01. The first-order valence-corrected chi connectivity index (χ1v) is 7.18. The van der Waals surface area contributed by atoms with E-state index in [9.17, 15) is 0 Å². The van der Waals surface area contributed by atoms with E-state index in [0.29, 0.717) is 0 Å². The van der Waals surface area contributed by atoms with Crippen molar-refractivity contribution in [2.75, 3.05) is 6.61 Å². The molecule has 2 N–H and O–H groups in total. The number of benzene rings is 2. The van der Waals surface area contributed by atoms with Crippen LogP contribution >= 0.6 is 0 Å². The van der Waals surface area contributed by atoms with Gasteiger partial charge >= 0.3 is 0 Å². The van der Waals surface area contributed by atoms with Gasteiger partial charge in [0.15, 0.2) is 0 Å². The average molecular weight is 276 g/mol. The smallest absolute Gasteiger partial charge is 0.122 e. The molecule has 3 nitrogen and oxygen atoms in total. The Bertz CT molecular complexity index is 813. The molecule has 2 heterocycles. The zero-order valence-corrected chi connectivity index (χ0v) is 11.6. The van der Waals surface area contributed by atoms with Gasteiger partial charge in [0, 0.05) is 11.8 Å². The summed E-state index contributed by atoms with van der Waals surface area (Å²) in [7, 11) is 0. The lowest BCUT2D eigenvalue weighted by Gasteiger charge is -2.13. The summed E-state index contributed by atoms with van der Waals surface area (Å²) in [4.78, 5) is 4.69. The van der Waals surface area contributed by atoms with Gasteiger partial charge in [-0.05, 0) is 29.3 Å². The molecule has 1 aliphatic rings. The zero-order chi connectivity index (χ0) is 14.2. The topological polar surface area (TPSA) is 48.1 Å². The molecule has 3 aromatic rings. The molecule has 1 atom stereocenters. The third-order valence-electron chi connectivity index (χ3n) is 4.01. The maximum atomic E-state index is 6.40. The summed E-state index contributed by atoms with van der Waals surface area (Å²) < 4.78 is 5.54. The van der Waals surface area contributed by atoms with Gasteiger partial charge in [-0.2, -0.15) is 0 Å². The molecular formula is C18H16N2O. The van der Waals surface area contributed by atoms with Crippen molar-refractivity contribution < 1.29 is 4.74 Å². The molecule has 1 aromatic heterocycles. The van der Waals surface area contributed by atoms with E-state index in [4.69, 9.17) is 10.5 Å². The third-order valence-corrected chi connectivity index (χ3v) is 4.01. The first-order chi connectivity index (χ1) is 10.3. The highest BCUT2D eigenvalue weighted by molar-refractivity contribution is 5.78. The number of hydrogen-bond acceptors (Lipinski definition) is 3. The summed E-state index contributed by atoms with van der Waals surface area (Å²) in [6.45, 7) is 0.766. The minimum atomic E-state index is -0.208. The molecule has 104 valence electrons. The number of ether oxygens (including phenoxy) is 1. The van der Waals surface area contributed by atoms with Crippen LogP contribution in [0.15, 0.2) is 54.6 Å². The molecule has 0 radical (unpaired) electrons. The van der Waals surface area contributed by atoms with Crippen LogP contribution in [0.25, 0.3) is 10.9 Å². The molecule has 0 bridgehead atoms. The summed E-state index contributed by atoms with van der Waals surface area (Å²) in [5.74, 6) is 0.984. The Kier molecular flexibility index (Phi) is 2.86. The number of pyridine rings is 1. The Morgan fingerprint density at radius 2 is 1.95 bits per heavy atom. The lowest BCUT2D eigenvalue weighted by molar-refractivity contribution is 0.357. The van der Waals surface area contributed by atoms with Crippen molar-refractivity contribution in [1.82, 2.24) is 4.98 Å². The van der Waals surface area contributed by atoms with Gasteiger partial charge in [-0.25, -0.2) is 0 Å². The molecule has 1 aliphatic heterocycles. The fourth-order valence-corrected chi connectivity index (χ4v) is 2.83. The van der Waals surface area contributed by atoms with Gasteiger partial charge < -0.3 is 10.5 Å². The van der Waals surface area contributed by atoms with Crippen molar-refractivity contribution in [2.45, 2.75) is 12.5 Å². The second-order valence-electron chi connectivity index (χ2n) is 5.37. The van der Waals surface area contributed by atoms with Crippen LogP contribution in [0.3, 0.4) is 0 Å². The number of nitrogens with two attached hydrogens (primary N) is 1. The summed E-state index contributed by atoms with van der Waals surface area (Å²) >= 11 is 0. The Hall–Kier alpha value is -2.39. The predicted molar refractivity (Wildman–Crippen MR) is 83.4 cm³/mol. The molecule has 4 rings (SSSR count). The maximum absolute atomic E-state index is 6.40. The van der Waals surface area contributed by atoms with Crippen LogP contribution in [-0.2, 0) is 6.42 Å². The van der Waals surface area contributed by atoms with Crippen LogP contribution in [0.2, 0.25) is 0 Å². The largest absolute Gasteiger partial charge is 0.493 e. The van der Waals surface area contributed by atoms with Gasteiger partial charge in [0.2, 0.25) is 0 Å². The fraction of sp³-hybridized carbons (Fsp3) is 0.167. The highest BCUT2D eigenvalue weighted by Crippen LogP contribution is 2.29. The van der Waals surface area contributed by atoms with Gasteiger partial charge in [-0.15, -0.1) is 0 Å².